The summed E-state index contributed by atoms with van der Waals surface area (Å²) in [6.07, 6.45) is 6.19. The van der Waals surface area contributed by atoms with Crippen LogP contribution in [0.15, 0.2) is 24.3 Å². The van der Waals surface area contributed by atoms with Gasteiger partial charge >= 0.3 is 0 Å². The number of aliphatic hydroxyl groups is 1. The van der Waals surface area contributed by atoms with Gasteiger partial charge in [0.15, 0.2) is 0 Å². The third kappa shape index (κ3) is 3.01. The normalized spacial score (nSPS) is 21.2. The largest absolute Gasteiger partial charge is 0.392 e. The topological polar surface area (TPSA) is 41.3 Å². The van der Waals surface area contributed by atoms with Crippen molar-refractivity contribution in [2.45, 2.75) is 58.2 Å². The second-order valence-corrected chi connectivity index (χ2v) is 7.28. The molecule has 24 heavy (non-hydrogen) atoms. The van der Waals surface area contributed by atoms with Gasteiger partial charge in [0.05, 0.1) is 12.3 Å². The van der Waals surface area contributed by atoms with Crippen molar-refractivity contribution in [2.75, 3.05) is 13.1 Å². The highest BCUT2D eigenvalue weighted by atomic mass is 16.3. The van der Waals surface area contributed by atoms with Crippen molar-refractivity contribution in [3.05, 3.63) is 52.6 Å². The Hall–Kier alpha value is -1.65. The van der Waals surface area contributed by atoms with Crippen LogP contribution in [0.4, 0.5) is 0 Å². The summed E-state index contributed by atoms with van der Waals surface area (Å²) >= 11 is 0. The number of nitrogens with zero attached hydrogens (tertiary/aromatic N) is 3. The summed E-state index contributed by atoms with van der Waals surface area (Å²) in [7, 11) is 0. The van der Waals surface area contributed by atoms with Gasteiger partial charge < -0.3 is 9.67 Å². The van der Waals surface area contributed by atoms with Crippen molar-refractivity contribution in [2.24, 2.45) is 0 Å². The summed E-state index contributed by atoms with van der Waals surface area (Å²) in [5, 5.41) is 9.16. The van der Waals surface area contributed by atoms with Crippen LogP contribution in [0.1, 0.15) is 53.6 Å². The molecule has 0 bridgehead atoms. The lowest BCUT2D eigenvalue weighted by molar-refractivity contribution is 0.281. The van der Waals surface area contributed by atoms with E-state index in [-0.39, 0.29) is 6.61 Å². The van der Waals surface area contributed by atoms with E-state index in [4.69, 9.17) is 10.1 Å². The van der Waals surface area contributed by atoms with E-state index in [2.05, 4.69) is 28.5 Å². The Bertz CT molecular complexity index is 704. The molecule has 1 aliphatic heterocycles. The Morgan fingerprint density at radius 2 is 1.88 bits per heavy atom. The van der Waals surface area contributed by atoms with Crippen molar-refractivity contribution in [1.82, 2.24) is 14.5 Å². The van der Waals surface area contributed by atoms with Crippen LogP contribution < -0.4 is 0 Å². The van der Waals surface area contributed by atoms with E-state index in [1.165, 1.54) is 48.5 Å². The molecule has 2 aromatic rings. The Labute approximate surface area is 144 Å². The number of benzene rings is 1. The summed E-state index contributed by atoms with van der Waals surface area (Å²) < 4.78 is 2.54. The molecule has 4 nitrogen and oxygen atoms in total. The first-order chi connectivity index (χ1) is 11.7. The third-order valence-corrected chi connectivity index (χ3v) is 5.57. The Balaban J connectivity index is 1.45. The molecule has 1 atom stereocenters. The van der Waals surface area contributed by atoms with Crippen LogP contribution >= 0.6 is 0 Å². The molecule has 0 saturated carbocycles. The number of likely N-dealkylation sites (tertiary alicyclic amines) is 1. The van der Waals surface area contributed by atoms with Gasteiger partial charge in [-0.05, 0) is 50.2 Å². The molecule has 128 valence electrons. The number of aryl methyl sites for hydroxylation is 2. The van der Waals surface area contributed by atoms with Gasteiger partial charge in [-0.2, -0.15) is 0 Å². The molecule has 2 heterocycles. The quantitative estimate of drug-likeness (QED) is 0.939. The Morgan fingerprint density at radius 1 is 1.12 bits per heavy atom. The van der Waals surface area contributed by atoms with E-state index < -0.39 is 0 Å². The minimum absolute atomic E-state index is 0.122. The average Bonchev–Trinajstić information content (AvgIpc) is 3.18. The van der Waals surface area contributed by atoms with Crippen molar-refractivity contribution in [1.29, 1.82) is 0 Å². The Kier molecular flexibility index (Phi) is 4.42. The third-order valence-electron chi connectivity index (χ3n) is 5.57. The number of hydrogen-bond donors (Lipinski definition) is 1. The zero-order valence-electron chi connectivity index (χ0n) is 14.5. The van der Waals surface area contributed by atoms with E-state index in [0.29, 0.717) is 6.04 Å². The molecule has 0 unspecified atom stereocenters. The molecule has 0 spiro atoms. The van der Waals surface area contributed by atoms with Crippen LogP contribution in [-0.4, -0.2) is 32.6 Å². The van der Waals surface area contributed by atoms with E-state index >= 15 is 0 Å². The lowest BCUT2D eigenvalue weighted by Crippen LogP contribution is -2.22. The number of rotatable bonds is 4. The minimum Gasteiger partial charge on any atom is -0.392 e. The predicted octanol–water partition coefficient (Wildman–Crippen LogP) is 3.01. The molecule has 1 aromatic heterocycles. The van der Waals surface area contributed by atoms with E-state index in [9.17, 15) is 0 Å². The van der Waals surface area contributed by atoms with Crippen LogP contribution in [0.3, 0.4) is 0 Å². The molecule has 1 N–H and O–H groups in total. The fraction of sp³-hybridized carbons (Fsp3) is 0.550. The molecule has 1 aliphatic carbocycles. The van der Waals surface area contributed by atoms with Crippen LogP contribution in [0.2, 0.25) is 0 Å². The fourth-order valence-electron chi connectivity index (χ4n) is 4.36. The zero-order valence-corrected chi connectivity index (χ0v) is 14.5. The first kappa shape index (κ1) is 15.9. The minimum atomic E-state index is 0.122. The monoisotopic (exact) mass is 325 g/mol. The van der Waals surface area contributed by atoms with Gasteiger partial charge in [0.25, 0.3) is 0 Å². The second-order valence-electron chi connectivity index (χ2n) is 7.28. The number of hydrogen-bond acceptors (Lipinski definition) is 3. The van der Waals surface area contributed by atoms with Crippen LogP contribution in [0.5, 0.6) is 0 Å². The molecule has 1 aromatic carbocycles. The summed E-state index contributed by atoms with van der Waals surface area (Å²) in [5.74, 6) is 1.21. The highest BCUT2D eigenvalue weighted by Gasteiger charge is 2.28. The first-order valence-electron chi connectivity index (χ1n) is 9.22. The molecule has 0 amide bonds. The standard InChI is InChI=1S/C20H27N3O/c1-15-21-19-4-2-3-5-20(19)23(15)18-10-11-22(13-18)12-16-6-8-17(14-24)9-7-16/h6-9,18,24H,2-5,10-14H2,1H3/t18-/m0/s1. The number of imidazole rings is 1. The van der Waals surface area contributed by atoms with E-state index in [1.54, 1.807) is 0 Å². The lowest BCUT2D eigenvalue weighted by Gasteiger charge is -2.21. The molecule has 0 radical (unpaired) electrons. The van der Waals surface area contributed by atoms with Crippen LogP contribution in [0.25, 0.3) is 0 Å². The van der Waals surface area contributed by atoms with Crippen molar-refractivity contribution in [3.63, 3.8) is 0 Å². The Morgan fingerprint density at radius 3 is 2.67 bits per heavy atom. The predicted molar refractivity (Wildman–Crippen MR) is 94.9 cm³/mol. The van der Waals surface area contributed by atoms with Gasteiger partial charge in [-0.25, -0.2) is 4.98 Å². The van der Waals surface area contributed by atoms with Crippen molar-refractivity contribution < 1.29 is 5.11 Å². The van der Waals surface area contributed by atoms with Crippen molar-refractivity contribution in [3.8, 4) is 0 Å². The SMILES string of the molecule is Cc1nc2c(n1[C@H]1CCN(Cc3ccc(CO)cc3)C1)CCCC2. The van der Waals surface area contributed by atoms with Gasteiger partial charge in [-0.15, -0.1) is 0 Å². The summed E-state index contributed by atoms with van der Waals surface area (Å²) in [6, 6.07) is 8.92. The maximum atomic E-state index is 9.16. The van der Waals surface area contributed by atoms with Crippen LogP contribution in [0, 0.1) is 6.92 Å². The molecule has 4 rings (SSSR count). The van der Waals surface area contributed by atoms with Gasteiger partial charge in [-0.3, -0.25) is 4.90 Å². The summed E-state index contributed by atoms with van der Waals surface area (Å²) in [6.45, 7) is 5.56. The second kappa shape index (κ2) is 6.69. The zero-order chi connectivity index (χ0) is 16.5. The smallest absolute Gasteiger partial charge is 0.106 e. The number of aliphatic hydroxyl groups excluding tert-OH is 1. The molecular formula is C20H27N3O. The lowest BCUT2D eigenvalue weighted by atomic mass is 10.0. The molecular weight excluding hydrogens is 298 g/mol. The number of fused-ring (bicyclic) bond motifs is 1. The fourth-order valence-corrected chi connectivity index (χ4v) is 4.36. The maximum Gasteiger partial charge on any atom is 0.106 e. The van der Waals surface area contributed by atoms with Crippen molar-refractivity contribution >= 4 is 0 Å². The summed E-state index contributed by atoms with van der Waals surface area (Å²) in [4.78, 5) is 7.39. The van der Waals surface area contributed by atoms with E-state index in [1.807, 2.05) is 12.1 Å². The highest BCUT2D eigenvalue weighted by molar-refractivity contribution is 5.23. The molecule has 1 saturated heterocycles. The maximum absolute atomic E-state index is 9.16. The molecule has 4 heteroatoms. The average molecular weight is 325 g/mol. The van der Waals surface area contributed by atoms with E-state index in [0.717, 1.165) is 31.6 Å². The summed E-state index contributed by atoms with van der Waals surface area (Å²) in [5.41, 5.74) is 5.19. The number of aromatic nitrogens is 2. The van der Waals surface area contributed by atoms with Gasteiger partial charge in [0, 0.05) is 31.4 Å². The van der Waals surface area contributed by atoms with Gasteiger partial charge in [0.2, 0.25) is 0 Å². The van der Waals surface area contributed by atoms with Gasteiger partial charge in [0.1, 0.15) is 5.82 Å². The molecule has 2 aliphatic rings. The first-order valence-corrected chi connectivity index (χ1v) is 9.22. The van der Waals surface area contributed by atoms with Crippen LogP contribution in [-0.2, 0) is 26.0 Å². The molecule has 1 fully saturated rings. The van der Waals surface area contributed by atoms with Gasteiger partial charge in [-0.1, -0.05) is 24.3 Å². The highest BCUT2D eigenvalue weighted by Crippen LogP contribution is 2.30.